The van der Waals surface area contributed by atoms with Crippen LogP contribution in [0, 0.1) is 5.41 Å². The summed E-state index contributed by atoms with van der Waals surface area (Å²) in [4.78, 5) is 14.8. The van der Waals surface area contributed by atoms with Gasteiger partial charge in [-0.2, -0.15) is 13.2 Å². The zero-order chi connectivity index (χ0) is 20.8. The fraction of sp³-hybridized carbons (Fsp3) is 0.667. The van der Waals surface area contributed by atoms with E-state index in [9.17, 15) is 18.0 Å². The van der Waals surface area contributed by atoms with E-state index in [4.69, 9.17) is 9.47 Å². The molecule has 0 spiro atoms. The molecular formula is C21H30F3NO3. The molecule has 1 aromatic rings. The van der Waals surface area contributed by atoms with E-state index in [0.29, 0.717) is 57.6 Å². The minimum Gasteiger partial charge on any atom is -0.466 e. The van der Waals surface area contributed by atoms with Gasteiger partial charge in [-0.3, -0.25) is 4.79 Å². The van der Waals surface area contributed by atoms with Crippen LogP contribution >= 0.6 is 0 Å². The van der Waals surface area contributed by atoms with Crippen LogP contribution in [0.25, 0.3) is 0 Å². The maximum atomic E-state index is 12.9. The van der Waals surface area contributed by atoms with Crippen molar-refractivity contribution < 1.29 is 27.4 Å². The largest absolute Gasteiger partial charge is 0.466 e. The third kappa shape index (κ3) is 5.70. The maximum Gasteiger partial charge on any atom is 0.416 e. The van der Waals surface area contributed by atoms with Crippen molar-refractivity contribution in [1.82, 2.24) is 4.90 Å². The minimum absolute atomic E-state index is 0.0890. The van der Waals surface area contributed by atoms with Crippen molar-refractivity contribution in [3.8, 4) is 0 Å². The van der Waals surface area contributed by atoms with Gasteiger partial charge in [0.05, 0.1) is 17.6 Å². The van der Waals surface area contributed by atoms with Gasteiger partial charge in [0.15, 0.2) is 0 Å². The number of alkyl halides is 3. The van der Waals surface area contributed by atoms with Gasteiger partial charge in [0.2, 0.25) is 0 Å². The Hall–Kier alpha value is -1.60. The molecule has 1 heterocycles. The highest BCUT2D eigenvalue weighted by Gasteiger charge is 2.43. The van der Waals surface area contributed by atoms with E-state index in [2.05, 4.69) is 4.90 Å². The lowest BCUT2D eigenvalue weighted by molar-refractivity contribution is -0.160. The van der Waals surface area contributed by atoms with E-state index in [1.807, 2.05) is 6.92 Å². The molecule has 0 amide bonds. The molecule has 2 rings (SSSR count). The molecule has 0 bridgehead atoms. The van der Waals surface area contributed by atoms with E-state index in [0.717, 1.165) is 6.07 Å². The molecule has 1 saturated heterocycles. The van der Waals surface area contributed by atoms with Crippen molar-refractivity contribution in [1.29, 1.82) is 0 Å². The zero-order valence-corrected chi connectivity index (χ0v) is 16.8. The summed E-state index contributed by atoms with van der Waals surface area (Å²) in [5.41, 5.74) is -0.473. The Bertz CT molecular complexity index is 640. The number of halogens is 3. The first kappa shape index (κ1) is 22.7. The lowest BCUT2D eigenvalue weighted by Crippen LogP contribution is -2.48. The van der Waals surface area contributed by atoms with Crippen LogP contribution in [0.15, 0.2) is 24.3 Å². The second-order valence-corrected chi connectivity index (χ2v) is 7.53. The van der Waals surface area contributed by atoms with Crippen LogP contribution in [0.5, 0.6) is 0 Å². The second-order valence-electron chi connectivity index (χ2n) is 7.53. The van der Waals surface area contributed by atoms with Gasteiger partial charge in [0.1, 0.15) is 0 Å². The Labute approximate surface area is 165 Å². The highest BCUT2D eigenvalue weighted by molar-refractivity contribution is 5.77. The fourth-order valence-electron chi connectivity index (χ4n) is 3.88. The van der Waals surface area contributed by atoms with Gasteiger partial charge in [-0.05, 0) is 64.3 Å². The van der Waals surface area contributed by atoms with E-state index in [1.54, 1.807) is 20.1 Å². The number of hydrogen-bond acceptors (Lipinski definition) is 4. The van der Waals surface area contributed by atoms with Crippen molar-refractivity contribution in [2.45, 2.75) is 51.7 Å². The molecular weight excluding hydrogens is 371 g/mol. The van der Waals surface area contributed by atoms with E-state index >= 15 is 0 Å². The quantitative estimate of drug-likeness (QED) is 0.608. The molecule has 0 radical (unpaired) electrons. The van der Waals surface area contributed by atoms with Gasteiger partial charge in [-0.25, -0.2) is 0 Å². The average Bonchev–Trinajstić information content (AvgIpc) is 2.66. The van der Waals surface area contributed by atoms with Crippen molar-refractivity contribution in [2.24, 2.45) is 5.41 Å². The molecule has 7 heteroatoms. The predicted octanol–water partition coefficient (Wildman–Crippen LogP) is 4.32. The lowest BCUT2D eigenvalue weighted by Gasteiger charge is -2.42. The Kier molecular flexibility index (Phi) is 7.89. The lowest BCUT2D eigenvalue weighted by atomic mass is 9.75. The number of rotatable bonds is 8. The van der Waals surface area contributed by atoms with Crippen molar-refractivity contribution in [3.05, 3.63) is 35.4 Å². The van der Waals surface area contributed by atoms with E-state index in [1.165, 1.54) is 12.1 Å². The first-order chi connectivity index (χ1) is 13.2. The summed E-state index contributed by atoms with van der Waals surface area (Å²) < 4.78 is 49.2. The molecule has 1 aliphatic heterocycles. The number of benzene rings is 1. The maximum absolute atomic E-state index is 12.9. The van der Waals surface area contributed by atoms with Crippen molar-refractivity contribution in [2.75, 3.05) is 33.4 Å². The SMILES string of the molecule is CCOC(=O)C1(CCOC)CCN([C@@H](C)Cc2cccc(C(F)(F)F)c2)CC1. The molecule has 0 saturated carbocycles. The monoisotopic (exact) mass is 401 g/mol. The molecule has 0 unspecified atom stereocenters. The van der Waals surface area contributed by atoms with Crippen LogP contribution in [0.4, 0.5) is 13.2 Å². The molecule has 28 heavy (non-hydrogen) atoms. The number of likely N-dealkylation sites (tertiary alicyclic amines) is 1. The Balaban J connectivity index is 2.00. The van der Waals surface area contributed by atoms with Crippen LogP contribution in [-0.4, -0.2) is 50.3 Å². The van der Waals surface area contributed by atoms with Gasteiger partial charge < -0.3 is 14.4 Å². The Morgan fingerprint density at radius 3 is 2.54 bits per heavy atom. The zero-order valence-electron chi connectivity index (χ0n) is 16.8. The van der Waals surface area contributed by atoms with Gasteiger partial charge in [0.25, 0.3) is 0 Å². The van der Waals surface area contributed by atoms with E-state index in [-0.39, 0.29) is 12.0 Å². The van der Waals surface area contributed by atoms with Crippen LogP contribution in [0.2, 0.25) is 0 Å². The van der Waals surface area contributed by atoms with Crippen molar-refractivity contribution in [3.63, 3.8) is 0 Å². The number of methoxy groups -OCH3 is 1. The number of piperidine rings is 1. The molecule has 1 aliphatic rings. The summed E-state index contributed by atoms with van der Waals surface area (Å²) in [7, 11) is 1.62. The van der Waals surface area contributed by atoms with Gasteiger partial charge in [-0.15, -0.1) is 0 Å². The minimum atomic E-state index is -4.33. The normalized spacial score (nSPS) is 18.6. The predicted molar refractivity (Wildman–Crippen MR) is 101 cm³/mol. The molecule has 158 valence electrons. The number of hydrogen-bond donors (Lipinski definition) is 0. The fourth-order valence-corrected chi connectivity index (χ4v) is 3.88. The third-order valence-corrected chi connectivity index (χ3v) is 5.66. The molecule has 1 aromatic carbocycles. The van der Waals surface area contributed by atoms with Crippen LogP contribution in [0.3, 0.4) is 0 Å². The standard InChI is InChI=1S/C21H30F3NO3/c1-4-28-19(26)20(10-13-27-3)8-11-25(12-9-20)16(2)14-17-6-5-7-18(15-17)21(22,23)24/h5-7,15-16H,4,8-14H2,1-3H3/t16-/m0/s1. The summed E-state index contributed by atoms with van der Waals surface area (Å²) in [5, 5.41) is 0. The summed E-state index contributed by atoms with van der Waals surface area (Å²) >= 11 is 0. The number of ether oxygens (including phenoxy) is 2. The van der Waals surface area contributed by atoms with Gasteiger partial charge >= 0.3 is 12.1 Å². The summed E-state index contributed by atoms with van der Waals surface area (Å²) in [6.45, 7) is 6.09. The highest BCUT2D eigenvalue weighted by Crippen LogP contribution is 2.37. The number of esters is 1. The number of carbonyl (C=O) groups excluding carboxylic acids is 1. The van der Waals surface area contributed by atoms with Crippen molar-refractivity contribution >= 4 is 5.97 Å². The average molecular weight is 401 g/mol. The molecule has 1 atom stereocenters. The van der Waals surface area contributed by atoms with Gasteiger partial charge in [-0.1, -0.05) is 18.2 Å². The van der Waals surface area contributed by atoms with Crippen LogP contribution < -0.4 is 0 Å². The van der Waals surface area contributed by atoms with Crippen LogP contribution in [-0.2, 0) is 26.9 Å². The second kappa shape index (κ2) is 9.74. The molecule has 0 aliphatic carbocycles. The van der Waals surface area contributed by atoms with E-state index < -0.39 is 17.2 Å². The number of nitrogens with zero attached hydrogens (tertiary/aromatic N) is 1. The highest BCUT2D eigenvalue weighted by atomic mass is 19.4. The number of carbonyl (C=O) groups is 1. The summed E-state index contributed by atoms with van der Waals surface area (Å²) in [6, 6.07) is 5.60. The Morgan fingerprint density at radius 2 is 1.96 bits per heavy atom. The molecule has 4 nitrogen and oxygen atoms in total. The first-order valence-electron chi connectivity index (χ1n) is 9.78. The Morgan fingerprint density at radius 1 is 1.29 bits per heavy atom. The molecule has 0 aromatic heterocycles. The molecule has 1 fully saturated rings. The summed E-state index contributed by atoms with van der Waals surface area (Å²) in [5.74, 6) is -0.169. The van der Waals surface area contributed by atoms with Crippen LogP contribution in [0.1, 0.15) is 44.2 Å². The third-order valence-electron chi connectivity index (χ3n) is 5.66. The summed E-state index contributed by atoms with van der Waals surface area (Å²) in [6.07, 6.45) is -1.83. The first-order valence-corrected chi connectivity index (χ1v) is 9.78. The topological polar surface area (TPSA) is 38.8 Å². The smallest absolute Gasteiger partial charge is 0.416 e. The van der Waals surface area contributed by atoms with Gasteiger partial charge in [0, 0.05) is 19.8 Å². The molecule has 0 N–H and O–H groups in total.